The average Bonchev–Trinajstić information content (AvgIpc) is 2.58. The third kappa shape index (κ3) is 4.10. The summed E-state index contributed by atoms with van der Waals surface area (Å²) in [5.74, 6) is 0.185. The number of hydrogen-bond donors (Lipinski definition) is 0. The van der Waals surface area contributed by atoms with Crippen molar-refractivity contribution in [1.29, 1.82) is 0 Å². The fourth-order valence-corrected chi connectivity index (χ4v) is 2.67. The molecule has 0 saturated heterocycles. The van der Waals surface area contributed by atoms with E-state index in [0.29, 0.717) is 35.1 Å². The molecule has 5 nitrogen and oxygen atoms in total. The molecule has 0 spiro atoms. The molecule has 0 aliphatic carbocycles. The predicted molar refractivity (Wildman–Crippen MR) is 97.0 cm³/mol. The molecular weight excluding hydrogens is 320 g/mol. The minimum atomic E-state index is -0.478. The van der Waals surface area contributed by atoms with Crippen LogP contribution in [0, 0.1) is 0 Å². The molecule has 2 aromatic rings. The van der Waals surface area contributed by atoms with Gasteiger partial charge in [0.1, 0.15) is 17.4 Å². The van der Waals surface area contributed by atoms with Crippen molar-refractivity contribution in [2.24, 2.45) is 0 Å². The first-order valence-corrected chi connectivity index (χ1v) is 8.34. The molecule has 1 aromatic carbocycles. The van der Waals surface area contributed by atoms with Gasteiger partial charge >= 0.3 is 11.6 Å². The first kappa shape index (κ1) is 18.8. The summed E-state index contributed by atoms with van der Waals surface area (Å²) in [5.41, 5.74) is 2.30. The first-order valence-electron chi connectivity index (χ1n) is 8.34. The normalized spacial score (nSPS) is 11.9. The van der Waals surface area contributed by atoms with Crippen molar-refractivity contribution in [3.8, 4) is 5.75 Å². The summed E-state index contributed by atoms with van der Waals surface area (Å²) in [7, 11) is 1.53. The SMILES string of the molecule is CCC(=O)O[C@H](C)c1cccc2oc(=O)c(CC=C(C)C)c(OC)c12. The van der Waals surface area contributed by atoms with Crippen LogP contribution in [0.2, 0.25) is 0 Å². The van der Waals surface area contributed by atoms with Crippen molar-refractivity contribution >= 4 is 16.9 Å². The smallest absolute Gasteiger partial charge is 0.343 e. The fourth-order valence-electron chi connectivity index (χ4n) is 2.67. The first-order chi connectivity index (χ1) is 11.9. The van der Waals surface area contributed by atoms with Crippen LogP contribution >= 0.6 is 0 Å². The molecule has 2 rings (SSSR count). The van der Waals surface area contributed by atoms with Crippen LogP contribution in [0.25, 0.3) is 11.0 Å². The number of rotatable bonds is 6. The molecule has 1 heterocycles. The Balaban J connectivity index is 2.68. The minimum Gasteiger partial charge on any atom is -0.495 e. The number of carbonyl (C=O) groups is 1. The van der Waals surface area contributed by atoms with E-state index in [-0.39, 0.29) is 5.97 Å². The molecular formula is C20H24O5. The molecule has 0 unspecified atom stereocenters. The fraction of sp³-hybridized carbons (Fsp3) is 0.400. The van der Waals surface area contributed by atoms with Crippen molar-refractivity contribution in [1.82, 2.24) is 0 Å². The van der Waals surface area contributed by atoms with Crippen molar-refractivity contribution in [2.45, 2.75) is 46.6 Å². The summed E-state index contributed by atoms with van der Waals surface area (Å²) in [6.07, 6.45) is 2.19. The van der Waals surface area contributed by atoms with Crippen molar-refractivity contribution in [3.63, 3.8) is 0 Å². The van der Waals surface area contributed by atoms with Crippen LogP contribution in [-0.2, 0) is 16.0 Å². The van der Waals surface area contributed by atoms with E-state index < -0.39 is 11.7 Å². The van der Waals surface area contributed by atoms with E-state index in [2.05, 4.69) is 0 Å². The predicted octanol–water partition coefficient (Wildman–Crippen LogP) is 4.32. The summed E-state index contributed by atoms with van der Waals surface area (Å²) in [4.78, 5) is 24.0. The summed E-state index contributed by atoms with van der Waals surface area (Å²) in [6.45, 7) is 7.47. The van der Waals surface area contributed by atoms with E-state index in [4.69, 9.17) is 13.9 Å². The summed E-state index contributed by atoms with van der Waals surface area (Å²) in [6, 6.07) is 5.33. The largest absolute Gasteiger partial charge is 0.495 e. The molecule has 0 aliphatic rings. The number of esters is 1. The number of fused-ring (bicyclic) bond motifs is 1. The van der Waals surface area contributed by atoms with E-state index in [1.165, 1.54) is 7.11 Å². The van der Waals surface area contributed by atoms with E-state index in [0.717, 1.165) is 11.1 Å². The number of methoxy groups -OCH3 is 1. The molecule has 0 bridgehead atoms. The topological polar surface area (TPSA) is 65.7 Å². The Labute approximate surface area is 147 Å². The van der Waals surface area contributed by atoms with Crippen LogP contribution in [0.1, 0.15) is 51.3 Å². The van der Waals surface area contributed by atoms with Crippen molar-refractivity contribution in [3.05, 3.63) is 51.4 Å². The van der Waals surface area contributed by atoms with Crippen LogP contribution in [0.4, 0.5) is 0 Å². The van der Waals surface area contributed by atoms with Crippen molar-refractivity contribution in [2.75, 3.05) is 7.11 Å². The number of ether oxygens (including phenoxy) is 2. The maximum absolute atomic E-state index is 12.4. The second-order valence-corrected chi connectivity index (χ2v) is 6.09. The second-order valence-electron chi connectivity index (χ2n) is 6.09. The minimum absolute atomic E-state index is 0.286. The van der Waals surface area contributed by atoms with E-state index >= 15 is 0 Å². The molecule has 0 amide bonds. The number of allylic oxidation sites excluding steroid dienone is 2. The zero-order valence-corrected chi connectivity index (χ0v) is 15.3. The molecule has 5 heteroatoms. The van der Waals surface area contributed by atoms with Gasteiger partial charge in [-0.3, -0.25) is 4.79 Å². The second kappa shape index (κ2) is 8.01. The third-order valence-electron chi connectivity index (χ3n) is 3.96. The Morgan fingerprint density at radius 2 is 2.04 bits per heavy atom. The standard InChI is InChI=1S/C20H24O5/c1-6-17(21)24-13(4)14-8-7-9-16-18(14)19(23-5)15(20(22)25-16)11-10-12(2)3/h7-10,13H,6,11H2,1-5H3/t13-/m1/s1. The lowest BCUT2D eigenvalue weighted by Crippen LogP contribution is -2.12. The Morgan fingerprint density at radius 1 is 1.32 bits per heavy atom. The number of carbonyl (C=O) groups excluding carboxylic acids is 1. The summed E-state index contributed by atoms with van der Waals surface area (Å²) in [5, 5.41) is 0.665. The number of benzene rings is 1. The Morgan fingerprint density at radius 3 is 2.64 bits per heavy atom. The van der Waals surface area contributed by atoms with Crippen LogP contribution in [0.15, 0.2) is 39.1 Å². The molecule has 1 atom stereocenters. The molecule has 0 fully saturated rings. The monoisotopic (exact) mass is 344 g/mol. The summed E-state index contributed by atoms with van der Waals surface area (Å²) < 4.78 is 16.5. The number of hydrogen-bond acceptors (Lipinski definition) is 5. The molecule has 25 heavy (non-hydrogen) atoms. The van der Waals surface area contributed by atoms with Gasteiger partial charge in [0.2, 0.25) is 0 Å². The quantitative estimate of drug-likeness (QED) is 0.443. The molecule has 134 valence electrons. The highest BCUT2D eigenvalue weighted by molar-refractivity contribution is 5.88. The van der Waals surface area contributed by atoms with Gasteiger partial charge in [-0.2, -0.15) is 0 Å². The van der Waals surface area contributed by atoms with Crippen LogP contribution < -0.4 is 10.4 Å². The van der Waals surface area contributed by atoms with E-state index in [9.17, 15) is 9.59 Å². The van der Waals surface area contributed by atoms with E-state index in [1.807, 2.05) is 26.0 Å². The van der Waals surface area contributed by atoms with Gasteiger partial charge in [0.25, 0.3) is 0 Å². The molecule has 0 aliphatic heterocycles. The highest BCUT2D eigenvalue weighted by atomic mass is 16.5. The van der Waals surface area contributed by atoms with Gasteiger partial charge < -0.3 is 13.9 Å². The van der Waals surface area contributed by atoms with Gasteiger partial charge in [0.15, 0.2) is 0 Å². The molecule has 0 saturated carbocycles. The lowest BCUT2D eigenvalue weighted by molar-refractivity contribution is -0.148. The molecule has 0 radical (unpaired) electrons. The van der Waals surface area contributed by atoms with Gasteiger partial charge in [0.05, 0.1) is 18.1 Å². The van der Waals surface area contributed by atoms with Gasteiger partial charge in [-0.05, 0) is 26.8 Å². The van der Waals surface area contributed by atoms with Gasteiger partial charge in [-0.1, -0.05) is 30.7 Å². The molecule has 0 N–H and O–H groups in total. The van der Waals surface area contributed by atoms with Crippen LogP contribution in [0.3, 0.4) is 0 Å². The highest BCUT2D eigenvalue weighted by Gasteiger charge is 2.21. The zero-order valence-electron chi connectivity index (χ0n) is 15.3. The maximum atomic E-state index is 12.4. The lowest BCUT2D eigenvalue weighted by Gasteiger charge is -2.17. The zero-order chi connectivity index (χ0) is 18.6. The Bertz CT molecular complexity index is 856. The van der Waals surface area contributed by atoms with Crippen LogP contribution in [0.5, 0.6) is 5.75 Å². The van der Waals surface area contributed by atoms with Gasteiger partial charge in [-0.25, -0.2) is 4.79 Å². The summed E-state index contributed by atoms with van der Waals surface area (Å²) >= 11 is 0. The Hall–Kier alpha value is -2.56. The third-order valence-corrected chi connectivity index (χ3v) is 3.96. The van der Waals surface area contributed by atoms with Gasteiger partial charge in [-0.15, -0.1) is 0 Å². The lowest BCUT2D eigenvalue weighted by atomic mass is 10.0. The maximum Gasteiger partial charge on any atom is 0.343 e. The van der Waals surface area contributed by atoms with E-state index in [1.54, 1.807) is 26.0 Å². The van der Waals surface area contributed by atoms with Crippen molar-refractivity contribution < 1.29 is 18.7 Å². The van der Waals surface area contributed by atoms with Crippen LogP contribution in [-0.4, -0.2) is 13.1 Å². The Kier molecular flexibility index (Phi) is 6.02. The van der Waals surface area contributed by atoms with Gasteiger partial charge in [0, 0.05) is 18.4 Å². The molecule has 1 aromatic heterocycles. The average molecular weight is 344 g/mol. The highest BCUT2D eigenvalue weighted by Crippen LogP contribution is 2.35.